The number of benzene rings is 1. The van der Waals surface area contributed by atoms with E-state index in [1.54, 1.807) is 0 Å². The molecule has 2 saturated heterocycles. The molecule has 144 valence electrons. The summed E-state index contributed by atoms with van der Waals surface area (Å²) in [6, 6.07) is 6.96. The molecule has 2 aromatic rings. The first-order valence-corrected chi connectivity index (χ1v) is 10.1. The maximum Gasteiger partial charge on any atom is 0.173 e. The SMILES string of the molecule is Fc1ccc(-n2nc(CN3CCCCC3C3OCCO3)c3c2CCC3)cc1. The van der Waals surface area contributed by atoms with Crippen molar-refractivity contribution in [1.29, 1.82) is 0 Å². The topological polar surface area (TPSA) is 39.5 Å². The Balaban J connectivity index is 1.43. The van der Waals surface area contributed by atoms with Crippen LogP contribution in [-0.2, 0) is 28.9 Å². The highest BCUT2D eigenvalue weighted by Gasteiger charge is 2.35. The summed E-state index contributed by atoms with van der Waals surface area (Å²) in [4.78, 5) is 2.50. The predicted molar refractivity (Wildman–Crippen MR) is 99.3 cm³/mol. The third-order valence-corrected chi connectivity index (χ3v) is 6.06. The highest BCUT2D eigenvalue weighted by atomic mass is 19.1. The van der Waals surface area contributed by atoms with Crippen molar-refractivity contribution in [2.24, 2.45) is 0 Å². The van der Waals surface area contributed by atoms with Crippen LogP contribution in [0.3, 0.4) is 0 Å². The summed E-state index contributed by atoms with van der Waals surface area (Å²) in [5, 5.41) is 4.96. The third-order valence-electron chi connectivity index (χ3n) is 6.06. The monoisotopic (exact) mass is 371 g/mol. The van der Waals surface area contributed by atoms with Crippen molar-refractivity contribution in [3.8, 4) is 5.69 Å². The van der Waals surface area contributed by atoms with Crippen molar-refractivity contribution in [3.63, 3.8) is 0 Å². The summed E-state index contributed by atoms with van der Waals surface area (Å²) < 4.78 is 27.0. The molecule has 27 heavy (non-hydrogen) atoms. The van der Waals surface area contributed by atoms with Crippen LogP contribution in [-0.4, -0.2) is 46.8 Å². The summed E-state index contributed by atoms with van der Waals surface area (Å²) in [5.74, 6) is -0.213. The van der Waals surface area contributed by atoms with Crippen LogP contribution in [0.5, 0.6) is 0 Å². The first kappa shape index (κ1) is 17.3. The molecule has 1 aliphatic carbocycles. The van der Waals surface area contributed by atoms with E-state index in [4.69, 9.17) is 14.6 Å². The van der Waals surface area contributed by atoms with E-state index >= 15 is 0 Å². The van der Waals surface area contributed by atoms with Crippen LogP contribution in [0.25, 0.3) is 5.69 Å². The fourth-order valence-corrected chi connectivity index (χ4v) is 4.75. The fraction of sp³-hybridized carbons (Fsp3) is 0.571. The molecule has 1 aromatic carbocycles. The number of hydrogen-bond acceptors (Lipinski definition) is 4. The molecule has 3 aliphatic rings. The van der Waals surface area contributed by atoms with Crippen LogP contribution < -0.4 is 0 Å². The van der Waals surface area contributed by atoms with Crippen molar-refractivity contribution in [2.75, 3.05) is 19.8 Å². The molecule has 5 rings (SSSR count). The molecule has 0 N–H and O–H groups in total. The van der Waals surface area contributed by atoms with E-state index in [0.29, 0.717) is 19.3 Å². The Kier molecular flexibility index (Phi) is 4.71. The van der Waals surface area contributed by atoms with Gasteiger partial charge in [-0.1, -0.05) is 6.42 Å². The molecule has 5 nitrogen and oxygen atoms in total. The van der Waals surface area contributed by atoms with E-state index in [-0.39, 0.29) is 12.1 Å². The number of nitrogens with zero attached hydrogens (tertiary/aromatic N) is 3. The van der Waals surface area contributed by atoms with Crippen molar-refractivity contribution < 1.29 is 13.9 Å². The molecule has 6 heteroatoms. The summed E-state index contributed by atoms with van der Waals surface area (Å²) in [5.41, 5.74) is 4.78. The van der Waals surface area contributed by atoms with Gasteiger partial charge in [-0.25, -0.2) is 9.07 Å². The van der Waals surface area contributed by atoms with Crippen molar-refractivity contribution in [3.05, 3.63) is 47.0 Å². The molecule has 2 aliphatic heterocycles. The first-order chi connectivity index (χ1) is 13.3. The van der Waals surface area contributed by atoms with Crippen LogP contribution in [0, 0.1) is 5.82 Å². The maximum absolute atomic E-state index is 13.3. The zero-order valence-electron chi connectivity index (χ0n) is 15.6. The fourth-order valence-electron chi connectivity index (χ4n) is 4.75. The summed E-state index contributed by atoms with van der Waals surface area (Å²) >= 11 is 0. The lowest BCUT2D eigenvalue weighted by molar-refractivity contribution is -0.111. The minimum atomic E-state index is -0.213. The second kappa shape index (κ2) is 7.34. The van der Waals surface area contributed by atoms with E-state index in [0.717, 1.165) is 43.7 Å². The smallest absolute Gasteiger partial charge is 0.173 e. The second-order valence-electron chi connectivity index (χ2n) is 7.76. The van der Waals surface area contributed by atoms with Gasteiger partial charge in [-0.05, 0) is 68.5 Å². The highest BCUT2D eigenvalue weighted by Crippen LogP contribution is 2.31. The number of aromatic nitrogens is 2. The predicted octanol–water partition coefficient (Wildman–Crippen LogP) is 3.23. The number of ether oxygens (including phenoxy) is 2. The van der Waals surface area contributed by atoms with Gasteiger partial charge in [-0.2, -0.15) is 5.10 Å². The van der Waals surface area contributed by atoms with Gasteiger partial charge in [0.25, 0.3) is 0 Å². The standard InChI is InChI=1S/C21H26FN3O2/c22-15-7-9-16(10-8-15)25-19-6-3-4-17(19)18(23-25)14-24-11-2-1-5-20(24)21-26-12-13-27-21/h7-10,20-21H,1-6,11-14H2. The number of fused-ring (bicyclic) bond motifs is 1. The second-order valence-corrected chi connectivity index (χ2v) is 7.76. The van der Waals surface area contributed by atoms with Crippen LogP contribution in [0.2, 0.25) is 0 Å². The van der Waals surface area contributed by atoms with Crippen LogP contribution in [0.4, 0.5) is 4.39 Å². The normalized spacial score (nSPS) is 23.8. The molecule has 0 spiro atoms. The number of likely N-dealkylation sites (tertiary alicyclic amines) is 1. The Morgan fingerprint density at radius 3 is 2.67 bits per heavy atom. The average molecular weight is 371 g/mol. The lowest BCUT2D eigenvalue weighted by Crippen LogP contribution is -2.46. The van der Waals surface area contributed by atoms with Crippen LogP contribution >= 0.6 is 0 Å². The van der Waals surface area contributed by atoms with Gasteiger partial charge in [0, 0.05) is 12.2 Å². The average Bonchev–Trinajstić information content (AvgIpc) is 3.42. The molecular formula is C21H26FN3O2. The number of hydrogen-bond donors (Lipinski definition) is 0. The summed E-state index contributed by atoms with van der Waals surface area (Å²) in [7, 11) is 0. The molecule has 0 amide bonds. The zero-order valence-corrected chi connectivity index (χ0v) is 15.6. The number of halogens is 1. The van der Waals surface area contributed by atoms with Gasteiger partial charge in [0.05, 0.1) is 30.6 Å². The number of rotatable bonds is 4. The Hall–Kier alpha value is -1.76. The number of piperidine rings is 1. The first-order valence-electron chi connectivity index (χ1n) is 10.1. The lowest BCUT2D eigenvalue weighted by atomic mass is 10.0. The van der Waals surface area contributed by atoms with Gasteiger partial charge in [0.15, 0.2) is 6.29 Å². The van der Waals surface area contributed by atoms with Gasteiger partial charge in [-0.15, -0.1) is 0 Å². The van der Waals surface area contributed by atoms with Crippen molar-refractivity contribution in [2.45, 2.75) is 57.4 Å². The van der Waals surface area contributed by atoms with E-state index in [2.05, 4.69) is 4.90 Å². The van der Waals surface area contributed by atoms with E-state index in [1.807, 2.05) is 16.8 Å². The van der Waals surface area contributed by atoms with Crippen molar-refractivity contribution >= 4 is 0 Å². The quantitative estimate of drug-likeness (QED) is 0.827. The van der Waals surface area contributed by atoms with Crippen LogP contribution in [0.15, 0.2) is 24.3 Å². The Morgan fingerprint density at radius 1 is 1.04 bits per heavy atom. The lowest BCUT2D eigenvalue weighted by Gasteiger charge is -2.37. The van der Waals surface area contributed by atoms with Gasteiger partial charge >= 0.3 is 0 Å². The highest BCUT2D eigenvalue weighted by molar-refractivity contribution is 5.40. The van der Waals surface area contributed by atoms with Crippen molar-refractivity contribution in [1.82, 2.24) is 14.7 Å². The van der Waals surface area contributed by atoms with Gasteiger partial charge in [-0.3, -0.25) is 4.90 Å². The minimum absolute atomic E-state index is 0.0995. The zero-order chi connectivity index (χ0) is 18.2. The van der Waals surface area contributed by atoms with Crippen LogP contribution in [0.1, 0.15) is 42.6 Å². The van der Waals surface area contributed by atoms with E-state index in [1.165, 1.54) is 42.7 Å². The van der Waals surface area contributed by atoms with Gasteiger partial charge in [0.2, 0.25) is 0 Å². The van der Waals surface area contributed by atoms with Gasteiger partial charge < -0.3 is 9.47 Å². The van der Waals surface area contributed by atoms with E-state index in [9.17, 15) is 4.39 Å². The molecule has 3 heterocycles. The van der Waals surface area contributed by atoms with Gasteiger partial charge in [0.1, 0.15) is 5.82 Å². The third kappa shape index (κ3) is 3.30. The minimum Gasteiger partial charge on any atom is -0.349 e. The Labute approximate surface area is 159 Å². The molecular weight excluding hydrogens is 345 g/mol. The Morgan fingerprint density at radius 2 is 1.85 bits per heavy atom. The molecule has 1 unspecified atom stereocenters. The molecule has 0 bridgehead atoms. The summed E-state index contributed by atoms with van der Waals surface area (Å²) in [6.45, 7) is 3.30. The maximum atomic E-state index is 13.3. The largest absolute Gasteiger partial charge is 0.349 e. The molecule has 0 saturated carbocycles. The molecule has 0 radical (unpaired) electrons. The summed E-state index contributed by atoms with van der Waals surface area (Å²) in [6.07, 6.45) is 6.75. The molecule has 2 fully saturated rings. The van der Waals surface area contributed by atoms with E-state index < -0.39 is 0 Å². The molecule has 1 aromatic heterocycles. The Bertz CT molecular complexity index is 799. The molecule has 1 atom stereocenters.